The van der Waals surface area contributed by atoms with Gasteiger partial charge in [-0.1, -0.05) is 59.6 Å². The molecule has 0 radical (unpaired) electrons. The second-order valence-electron chi connectivity index (χ2n) is 4.28. The van der Waals surface area contributed by atoms with Crippen LogP contribution in [0.5, 0.6) is 0 Å². The normalized spacial score (nSPS) is 11.2. The molecule has 0 aliphatic rings. The summed E-state index contributed by atoms with van der Waals surface area (Å²) in [5.74, 6) is -0.0613. The lowest BCUT2D eigenvalue weighted by Gasteiger charge is -2.09. The zero-order chi connectivity index (χ0) is 14.5. The third-order valence-corrected chi connectivity index (χ3v) is 3.51. The molecular weight excluding hydrogens is 293 g/mol. The van der Waals surface area contributed by atoms with E-state index in [1.54, 1.807) is 37.3 Å². The highest BCUT2D eigenvalue weighted by atomic mass is 35.5. The molecule has 0 atom stereocenters. The van der Waals surface area contributed by atoms with Gasteiger partial charge in [0.25, 0.3) is 0 Å². The summed E-state index contributed by atoms with van der Waals surface area (Å²) in [5.41, 5.74) is 2.02. The van der Waals surface area contributed by atoms with Crippen LogP contribution < -0.4 is 5.32 Å². The fraction of sp³-hybridized carbons (Fsp3) is 0.0625. The van der Waals surface area contributed by atoms with Crippen LogP contribution in [0, 0.1) is 0 Å². The van der Waals surface area contributed by atoms with Gasteiger partial charge in [0.1, 0.15) is 0 Å². The van der Waals surface area contributed by atoms with Crippen molar-refractivity contribution in [3.63, 3.8) is 0 Å². The Hall–Kier alpha value is -1.77. The molecule has 4 heteroatoms. The largest absolute Gasteiger partial charge is 0.358 e. The Morgan fingerprint density at radius 1 is 1.05 bits per heavy atom. The highest BCUT2D eigenvalue weighted by Crippen LogP contribution is 2.30. The minimum atomic E-state index is -0.0613. The summed E-state index contributed by atoms with van der Waals surface area (Å²) >= 11 is 12.0. The number of carbonyl (C=O) groups excluding carboxylic acids is 1. The molecule has 2 aromatic carbocycles. The SMILES string of the molecule is C/C(=C\C(=O)c1ccccc1)Nc1cccc(Cl)c1Cl. The second kappa shape index (κ2) is 6.60. The maximum atomic E-state index is 12.0. The van der Waals surface area contributed by atoms with E-state index in [4.69, 9.17) is 23.2 Å². The van der Waals surface area contributed by atoms with E-state index < -0.39 is 0 Å². The van der Waals surface area contributed by atoms with Crippen molar-refractivity contribution in [3.05, 3.63) is 75.9 Å². The molecule has 20 heavy (non-hydrogen) atoms. The van der Waals surface area contributed by atoms with Crippen molar-refractivity contribution in [1.29, 1.82) is 0 Å². The van der Waals surface area contributed by atoms with Gasteiger partial charge in [-0.15, -0.1) is 0 Å². The van der Waals surface area contributed by atoms with Gasteiger partial charge in [-0.3, -0.25) is 4.79 Å². The van der Waals surface area contributed by atoms with Crippen molar-refractivity contribution in [2.24, 2.45) is 0 Å². The summed E-state index contributed by atoms with van der Waals surface area (Å²) in [6, 6.07) is 14.4. The van der Waals surface area contributed by atoms with Crippen LogP contribution in [-0.2, 0) is 0 Å². The Labute approximate surface area is 128 Å². The van der Waals surface area contributed by atoms with Crippen molar-refractivity contribution < 1.29 is 4.79 Å². The fourth-order valence-electron chi connectivity index (χ4n) is 1.73. The third-order valence-electron chi connectivity index (χ3n) is 2.69. The Bertz CT molecular complexity index is 651. The fourth-order valence-corrected chi connectivity index (χ4v) is 2.08. The summed E-state index contributed by atoms with van der Waals surface area (Å²) in [6.45, 7) is 1.80. The van der Waals surface area contributed by atoms with Gasteiger partial charge in [0.15, 0.2) is 5.78 Å². The molecule has 0 aliphatic carbocycles. The van der Waals surface area contributed by atoms with Gasteiger partial charge >= 0.3 is 0 Å². The highest BCUT2D eigenvalue weighted by Gasteiger charge is 2.06. The van der Waals surface area contributed by atoms with E-state index in [1.807, 2.05) is 18.2 Å². The van der Waals surface area contributed by atoms with Gasteiger partial charge in [0.05, 0.1) is 15.7 Å². The molecule has 102 valence electrons. The van der Waals surface area contributed by atoms with Gasteiger partial charge in [-0.05, 0) is 19.1 Å². The smallest absolute Gasteiger partial charge is 0.187 e. The molecule has 0 heterocycles. The number of halogens is 2. The van der Waals surface area contributed by atoms with Crippen LogP contribution in [0.1, 0.15) is 17.3 Å². The van der Waals surface area contributed by atoms with Crippen LogP contribution in [0.2, 0.25) is 10.0 Å². The number of benzene rings is 2. The molecule has 0 aromatic heterocycles. The van der Waals surface area contributed by atoms with Gasteiger partial charge in [-0.2, -0.15) is 0 Å². The summed E-state index contributed by atoms with van der Waals surface area (Å²) in [6.07, 6.45) is 1.53. The summed E-state index contributed by atoms with van der Waals surface area (Å²) < 4.78 is 0. The third kappa shape index (κ3) is 3.62. The van der Waals surface area contributed by atoms with E-state index in [9.17, 15) is 4.79 Å². The standard InChI is InChI=1S/C16H13Cl2NO/c1-11(10-15(20)12-6-3-2-4-7-12)19-14-9-5-8-13(17)16(14)18/h2-10,19H,1H3/b11-10+. The molecule has 1 N–H and O–H groups in total. The van der Waals surface area contributed by atoms with Crippen LogP contribution in [0.25, 0.3) is 0 Å². The monoisotopic (exact) mass is 305 g/mol. The molecule has 0 amide bonds. The van der Waals surface area contributed by atoms with E-state index in [0.29, 0.717) is 27.0 Å². The first-order chi connectivity index (χ1) is 9.58. The average Bonchev–Trinajstić information content (AvgIpc) is 2.45. The van der Waals surface area contributed by atoms with E-state index in [0.717, 1.165) is 0 Å². The molecule has 0 fully saturated rings. The molecular formula is C16H13Cl2NO. The van der Waals surface area contributed by atoms with Crippen LogP contribution in [0.15, 0.2) is 60.3 Å². The minimum absolute atomic E-state index is 0.0613. The number of nitrogens with one attached hydrogen (secondary N) is 1. The minimum Gasteiger partial charge on any atom is -0.358 e. The van der Waals surface area contributed by atoms with Gasteiger partial charge in [0, 0.05) is 17.3 Å². The number of carbonyl (C=O) groups is 1. The van der Waals surface area contributed by atoms with Crippen molar-refractivity contribution in [2.75, 3.05) is 5.32 Å². The lowest BCUT2D eigenvalue weighted by molar-refractivity contribution is 0.104. The van der Waals surface area contributed by atoms with Crippen LogP contribution in [-0.4, -0.2) is 5.78 Å². The predicted molar refractivity (Wildman–Crippen MR) is 84.6 cm³/mol. The lowest BCUT2D eigenvalue weighted by Crippen LogP contribution is -2.01. The van der Waals surface area contributed by atoms with Crippen molar-refractivity contribution in [2.45, 2.75) is 6.92 Å². The molecule has 0 unspecified atom stereocenters. The molecule has 2 rings (SSSR count). The quantitative estimate of drug-likeness (QED) is 0.622. The van der Waals surface area contributed by atoms with Crippen LogP contribution in [0.4, 0.5) is 5.69 Å². The molecule has 0 saturated carbocycles. The van der Waals surface area contributed by atoms with Crippen LogP contribution >= 0.6 is 23.2 Å². The van der Waals surface area contributed by atoms with E-state index in [2.05, 4.69) is 5.32 Å². The van der Waals surface area contributed by atoms with Gasteiger partial charge in [0.2, 0.25) is 0 Å². The van der Waals surface area contributed by atoms with Crippen LogP contribution in [0.3, 0.4) is 0 Å². The van der Waals surface area contributed by atoms with E-state index in [1.165, 1.54) is 6.08 Å². The Morgan fingerprint density at radius 3 is 2.45 bits per heavy atom. The zero-order valence-corrected chi connectivity index (χ0v) is 12.4. The number of hydrogen-bond acceptors (Lipinski definition) is 2. The average molecular weight is 306 g/mol. The Kier molecular flexibility index (Phi) is 4.83. The maximum absolute atomic E-state index is 12.0. The first-order valence-corrected chi connectivity index (χ1v) is 6.82. The summed E-state index contributed by atoms with van der Waals surface area (Å²) in [7, 11) is 0. The molecule has 0 bridgehead atoms. The number of allylic oxidation sites excluding steroid dienone is 2. The van der Waals surface area contributed by atoms with Crippen molar-refractivity contribution in [3.8, 4) is 0 Å². The predicted octanol–water partition coefficient (Wildman–Crippen LogP) is 5.19. The molecule has 0 aliphatic heterocycles. The Morgan fingerprint density at radius 2 is 1.75 bits per heavy atom. The zero-order valence-electron chi connectivity index (χ0n) is 10.9. The maximum Gasteiger partial charge on any atom is 0.187 e. The molecule has 0 spiro atoms. The highest BCUT2D eigenvalue weighted by molar-refractivity contribution is 6.43. The summed E-state index contributed by atoms with van der Waals surface area (Å²) in [4.78, 5) is 12.0. The summed E-state index contributed by atoms with van der Waals surface area (Å²) in [5, 5.41) is 3.99. The van der Waals surface area contributed by atoms with Crippen molar-refractivity contribution in [1.82, 2.24) is 0 Å². The number of hydrogen-bond donors (Lipinski definition) is 1. The van der Waals surface area contributed by atoms with E-state index in [-0.39, 0.29) is 5.78 Å². The second-order valence-corrected chi connectivity index (χ2v) is 5.07. The Balaban J connectivity index is 2.16. The molecule has 2 nitrogen and oxygen atoms in total. The number of ketones is 1. The topological polar surface area (TPSA) is 29.1 Å². The molecule has 0 saturated heterocycles. The number of anilines is 1. The molecule has 2 aromatic rings. The van der Waals surface area contributed by atoms with Gasteiger partial charge in [-0.25, -0.2) is 0 Å². The van der Waals surface area contributed by atoms with Crippen molar-refractivity contribution >= 4 is 34.7 Å². The lowest BCUT2D eigenvalue weighted by atomic mass is 10.1. The van der Waals surface area contributed by atoms with E-state index >= 15 is 0 Å². The van der Waals surface area contributed by atoms with Gasteiger partial charge < -0.3 is 5.32 Å². The first kappa shape index (κ1) is 14.6. The first-order valence-electron chi connectivity index (χ1n) is 6.06. The number of rotatable bonds is 4.